The van der Waals surface area contributed by atoms with Crippen LogP contribution >= 0.6 is 0 Å². The van der Waals surface area contributed by atoms with Gasteiger partial charge in [0.05, 0.1) is 11.3 Å². The Bertz CT molecular complexity index is 664. The fraction of sp³-hybridized carbons (Fsp3) is 0.333. The molecule has 0 amide bonds. The Labute approximate surface area is 111 Å². The molecule has 1 aliphatic heterocycles. The third kappa shape index (κ3) is 2.33. The topological polar surface area (TPSA) is 87.0 Å². The van der Waals surface area contributed by atoms with Gasteiger partial charge in [0.1, 0.15) is 10.7 Å². The van der Waals surface area contributed by atoms with E-state index in [9.17, 15) is 13.2 Å². The minimum Gasteiger partial charge on any atom is -0.478 e. The first-order valence-corrected chi connectivity index (χ1v) is 7.27. The molecule has 0 saturated heterocycles. The lowest BCUT2D eigenvalue weighted by molar-refractivity contribution is 0.0696. The second kappa shape index (κ2) is 4.65. The normalized spacial score (nSPS) is 16.7. The third-order valence-electron chi connectivity index (χ3n) is 2.87. The molecule has 1 aromatic rings. The van der Waals surface area contributed by atoms with Gasteiger partial charge in [-0.3, -0.25) is 0 Å². The van der Waals surface area contributed by atoms with Crippen LogP contribution in [0.25, 0.3) is 0 Å². The second-order valence-electron chi connectivity index (χ2n) is 4.25. The molecule has 0 bridgehead atoms. The number of sulfonamides is 1. The minimum atomic E-state index is -3.82. The smallest absolute Gasteiger partial charge is 0.335 e. The maximum Gasteiger partial charge on any atom is 0.335 e. The molecule has 2 rings (SSSR count). The van der Waals surface area contributed by atoms with Crippen molar-refractivity contribution in [3.8, 4) is 0 Å². The van der Waals surface area contributed by atoms with E-state index in [0.717, 1.165) is 12.5 Å². The molecule has 1 aliphatic rings. The highest BCUT2D eigenvalue weighted by Gasteiger charge is 2.29. The summed E-state index contributed by atoms with van der Waals surface area (Å²) in [5.74, 6) is -0.760. The van der Waals surface area contributed by atoms with E-state index >= 15 is 0 Å². The molecule has 0 aromatic heterocycles. The zero-order valence-electron chi connectivity index (χ0n) is 10.6. The van der Waals surface area contributed by atoms with Gasteiger partial charge in [0.25, 0.3) is 10.0 Å². The molecule has 7 heteroatoms. The zero-order chi connectivity index (χ0) is 14.2. The molecule has 0 saturated carbocycles. The van der Waals surface area contributed by atoms with Crippen molar-refractivity contribution in [1.82, 2.24) is 0 Å². The van der Waals surface area contributed by atoms with E-state index in [4.69, 9.17) is 5.11 Å². The number of amidine groups is 1. The van der Waals surface area contributed by atoms with Crippen molar-refractivity contribution >= 4 is 27.5 Å². The number of carboxylic acid groups (broad SMARTS) is 1. The zero-order valence-corrected chi connectivity index (χ0v) is 11.4. The van der Waals surface area contributed by atoms with Crippen molar-refractivity contribution < 1.29 is 18.3 Å². The van der Waals surface area contributed by atoms with Crippen LogP contribution in [0.4, 0.5) is 5.69 Å². The summed E-state index contributed by atoms with van der Waals surface area (Å²) in [6.45, 7) is 4.23. The number of carbonyl (C=O) groups is 1. The van der Waals surface area contributed by atoms with Gasteiger partial charge in [-0.25, -0.2) is 4.79 Å². The first kappa shape index (κ1) is 13.5. The summed E-state index contributed by atoms with van der Waals surface area (Å²) in [5, 5.41) is 8.93. The van der Waals surface area contributed by atoms with E-state index in [2.05, 4.69) is 4.40 Å². The lowest BCUT2D eigenvalue weighted by Crippen LogP contribution is -2.34. The Morgan fingerprint density at radius 2 is 2.11 bits per heavy atom. The highest BCUT2D eigenvalue weighted by Crippen LogP contribution is 2.32. The molecule has 19 heavy (non-hydrogen) atoms. The van der Waals surface area contributed by atoms with Crippen LogP contribution in [0.3, 0.4) is 0 Å². The second-order valence-corrected chi connectivity index (χ2v) is 5.83. The monoisotopic (exact) mass is 282 g/mol. The fourth-order valence-electron chi connectivity index (χ4n) is 2.03. The largest absolute Gasteiger partial charge is 0.478 e. The van der Waals surface area contributed by atoms with Gasteiger partial charge in [0.15, 0.2) is 0 Å². The summed E-state index contributed by atoms with van der Waals surface area (Å²) in [7, 11) is -3.82. The van der Waals surface area contributed by atoms with Crippen LogP contribution in [0.2, 0.25) is 0 Å². The Morgan fingerprint density at radius 1 is 1.42 bits per heavy atom. The number of hydrogen-bond donors (Lipinski definition) is 1. The maximum atomic E-state index is 12.0. The van der Waals surface area contributed by atoms with Gasteiger partial charge in [-0.15, -0.1) is 4.40 Å². The third-order valence-corrected chi connectivity index (χ3v) is 4.25. The lowest BCUT2D eigenvalue weighted by Gasteiger charge is -2.29. The van der Waals surface area contributed by atoms with E-state index in [-0.39, 0.29) is 10.5 Å². The van der Waals surface area contributed by atoms with Gasteiger partial charge in [0.2, 0.25) is 0 Å². The quantitative estimate of drug-likeness (QED) is 0.912. The molecule has 0 unspecified atom stereocenters. The summed E-state index contributed by atoms with van der Waals surface area (Å²) in [5.41, 5.74) is 0.424. The van der Waals surface area contributed by atoms with Gasteiger partial charge >= 0.3 is 5.97 Å². The van der Waals surface area contributed by atoms with Crippen molar-refractivity contribution in [3.05, 3.63) is 23.8 Å². The number of nitrogens with zero attached hydrogens (tertiary/aromatic N) is 2. The number of carboxylic acids is 1. The molecule has 1 N–H and O–H groups in total. The van der Waals surface area contributed by atoms with Crippen LogP contribution in [0.5, 0.6) is 0 Å². The van der Waals surface area contributed by atoms with Gasteiger partial charge in [-0.1, -0.05) is 6.92 Å². The van der Waals surface area contributed by atoms with Crippen molar-refractivity contribution in [3.63, 3.8) is 0 Å². The van der Waals surface area contributed by atoms with Gasteiger partial charge < -0.3 is 10.0 Å². The summed E-state index contributed by atoms with van der Waals surface area (Å²) >= 11 is 0. The predicted molar refractivity (Wildman–Crippen MR) is 71.3 cm³/mol. The van der Waals surface area contributed by atoms with Crippen LogP contribution in [-0.4, -0.2) is 31.9 Å². The number of aromatic carboxylic acids is 1. The molecule has 0 aliphatic carbocycles. The van der Waals surface area contributed by atoms with Crippen LogP contribution in [0.15, 0.2) is 27.5 Å². The average Bonchev–Trinajstić information content (AvgIpc) is 2.33. The standard InChI is InChI=1S/C12H14N2O4S/c1-3-6-14-8(2)13-19(17,18)11-7-9(12(15)16)4-5-10(11)14/h4-5,7H,3,6H2,1-2H3,(H,15,16). The number of rotatable bonds is 3. The molecule has 102 valence electrons. The molecule has 1 heterocycles. The van der Waals surface area contributed by atoms with E-state index < -0.39 is 16.0 Å². The molecule has 0 fully saturated rings. The van der Waals surface area contributed by atoms with Gasteiger partial charge in [0, 0.05) is 6.54 Å². The van der Waals surface area contributed by atoms with Crippen molar-refractivity contribution in [1.29, 1.82) is 0 Å². The van der Waals surface area contributed by atoms with Gasteiger partial charge in [-0.2, -0.15) is 8.42 Å². The predicted octanol–water partition coefficient (Wildman–Crippen LogP) is 1.72. The van der Waals surface area contributed by atoms with Crippen molar-refractivity contribution in [2.24, 2.45) is 4.40 Å². The summed E-state index contributed by atoms with van der Waals surface area (Å²) < 4.78 is 27.7. The molecule has 0 radical (unpaired) electrons. The molecule has 1 aromatic carbocycles. The van der Waals surface area contributed by atoms with E-state index in [1.54, 1.807) is 11.8 Å². The molecular formula is C12H14N2O4S. The fourth-order valence-corrected chi connectivity index (χ4v) is 3.29. The summed E-state index contributed by atoms with van der Waals surface area (Å²) in [6.07, 6.45) is 0.826. The maximum absolute atomic E-state index is 12.0. The van der Waals surface area contributed by atoms with E-state index in [0.29, 0.717) is 18.1 Å². The first-order chi connectivity index (χ1) is 8.86. The van der Waals surface area contributed by atoms with Crippen molar-refractivity contribution in [2.45, 2.75) is 25.2 Å². The van der Waals surface area contributed by atoms with E-state index in [1.807, 2.05) is 6.92 Å². The molecule has 0 atom stereocenters. The molecule has 0 spiro atoms. The Kier molecular flexibility index (Phi) is 3.32. The average molecular weight is 282 g/mol. The van der Waals surface area contributed by atoms with Gasteiger partial charge in [-0.05, 0) is 31.5 Å². The van der Waals surface area contributed by atoms with Crippen LogP contribution in [-0.2, 0) is 10.0 Å². The minimum absolute atomic E-state index is 0.0496. The lowest BCUT2D eigenvalue weighted by atomic mass is 10.2. The summed E-state index contributed by atoms with van der Waals surface area (Å²) in [6, 6.07) is 4.08. The Balaban J connectivity index is 2.66. The number of hydrogen-bond acceptors (Lipinski definition) is 4. The SMILES string of the molecule is CCCN1C(C)=NS(=O)(=O)c2cc(C(=O)O)ccc21. The molecule has 6 nitrogen and oxygen atoms in total. The first-order valence-electron chi connectivity index (χ1n) is 5.83. The van der Waals surface area contributed by atoms with Crippen LogP contribution < -0.4 is 4.90 Å². The number of benzene rings is 1. The van der Waals surface area contributed by atoms with Crippen molar-refractivity contribution in [2.75, 3.05) is 11.4 Å². The molecular weight excluding hydrogens is 268 g/mol. The Hall–Kier alpha value is -1.89. The highest BCUT2D eigenvalue weighted by molar-refractivity contribution is 7.90. The highest BCUT2D eigenvalue weighted by atomic mass is 32.2. The number of anilines is 1. The van der Waals surface area contributed by atoms with E-state index in [1.165, 1.54) is 12.1 Å². The summed E-state index contributed by atoms with van der Waals surface area (Å²) in [4.78, 5) is 12.7. The van der Waals surface area contributed by atoms with Crippen LogP contribution in [0.1, 0.15) is 30.6 Å². The van der Waals surface area contributed by atoms with Crippen LogP contribution in [0, 0.1) is 0 Å². The number of fused-ring (bicyclic) bond motifs is 1. The Morgan fingerprint density at radius 3 is 2.68 bits per heavy atom.